The predicted octanol–water partition coefficient (Wildman–Crippen LogP) is 3.80. The minimum Gasteiger partial charge on any atom is -0.491 e. The molecule has 1 atom stereocenters. The van der Waals surface area contributed by atoms with Gasteiger partial charge in [0.15, 0.2) is 0 Å². The lowest BCUT2D eigenvalue weighted by Gasteiger charge is -2.15. The van der Waals surface area contributed by atoms with Crippen molar-refractivity contribution < 1.29 is 9.47 Å². The fraction of sp³-hybridized carbons (Fsp3) is 0.647. The second-order valence-corrected chi connectivity index (χ2v) is 5.46. The molecule has 0 spiro atoms. The van der Waals surface area contributed by atoms with Crippen molar-refractivity contribution in [1.82, 2.24) is 5.32 Å². The molecule has 3 nitrogen and oxygen atoms in total. The summed E-state index contributed by atoms with van der Waals surface area (Å²) in [5, 5.41) is 3.30. The Kier molecular flexibility index (Phi) is 8.31. The fourth-order valence-electron chi connectivity index (χ4n) is 2.04. The molecule has 0 aliphatic carbocycles. The van der Waals surface area contributed by atoms with Gasteiger partial charge in [-0.1, -0.05) is 32.9 Å². The average molecular weight is 279 g/mol. The topological polar surface area (TPSA) is 30.5 Å². The van der Waals surface area contributed by atoms with E-state index in [1.165, 1.54) is 5.56 Å². The summed E-state index contributed by atoms with van der Waals surface area (Å²) in [4.78, 5) is 0. The Morgan fingerprint density at radius 1 is 1.05 bits per heavy atom. The largest absolute Gasteiger partial charge is 0.491 e. The zero-order valence-corrected chi connectivity index (χ0v) is 13.3. The molecular weight excluding hydrogens is 250 g/mol. The molecule has 0 aliphatic heterocycles. The number of ether oxygens (including phenoxy) is 2. The number of hydrogen-bond donors (Lipinski definition) is 1. The minimum absolute atomic E-state index is 0.420. The summed E-state index contributed by atoms with van der Waals surface area (Å²) < 4.78 is 11.2. The number of benzene rings is 1. The Morgan fingerprint density at radius 3 is 2.30 bits per heavy atom. The zero-order chi connectivity index (χ0) is 14.8. The minimum atomic E-state index is 0.420. The van der Waals surface area contributed by atoms with E-state index in [0.717, 1.165) is 25.2 Å². The normalized spacial score (nSPS) is 12.7. The Hall–Kier alpha value is -1.06. The molecule has 1 aromatic carbocycles. The third-order valence-corrected chi connectivity index (χ3v) is 3.38. The third kappa shape index (κ3) is 6.40. The molecule has 3 heteroatoms. The smallest absolute Gasteiger partial charge is 0.119 e. The summed E-state index contributed by atoms with van der Waals surface area (Å²) in [5.74, 6) is 1.61. The first-order valence-corrected chi connectivity index (χ1v) is 7.65. The molecule has 0 heterocycles. The van der Waals surface area contributed by atoms with Crippen LogP contribution < -0.4 is 10.1 Å². The summed E-state index contributed by atoms with van der Waals surface area (Å²) in [6.07, 6.45) is 2.19. The monoisotopic (exact) mass is 279 g/mol. The Bertz CT molecular complexity index is 345. The molecule has 114 valence electrons. The van der Waals surface area contributed by atoms with Crippen LogP contribution in [0.3, 0.4) is 0 Å². The molecule has 0 radical (unpaired) electrons. The highest BCUT2D eigenvalue weighted by Crippen LogP contribution is 2.19. The zero-order valence-electron chi connectivity index (χ0n) is 13.3. The van der Waals surface area contributed by atoms with E-state index in [1.807, 2.05) is 19.2 Å². The van der Waals surface area contributed by atoms with E-state index < -0.39 is 0 Å². The lowest BCUT2D eigenvalue weighted by Crippen LogP contribution is -2.15. The van der Waals surface area contributed by atoms with Gasteiger partial charge in [-0.2, -0.15) is 0 Å². The van der Waals surface area contributed by atoms with Crippen molar-refractivity contribution >= 4 is 0 Å². The summed E-state index contributed by atoms with van der Waals surface area (Å²) in [6.45, 7) is 8.68. The number of rotatable bonds is 10. The van der Waals surface area contributed by atoms with Gasteiger partial charge in [-0.05, 0) is 43.5 Å². The molecule has 1 N–H and O–H groups in total. The van der Waals surface area contributed by atoms with Gasteiger partial charge in [-0.15, -0.1) is 0 Å². The van der Waals surface area contributed by atoms with Crippen molar-refractivity contribution in [2.24, 2.45) is 5.92 Å². The van der Waals surface area contributed by atoms with Gasteiger partial charge in [0, 0.05) is 12.6 Å². The van der Waals surface area contributed by atoms with Crippen LogP contribution in [0.5, 0.6) is 5.75 Å². The first kappa shape index (κ1) is 17.0. The molecule has 0 bridgehead atoms. The van der Waals surface area contributed by atoms with Crippen molar-refractivity contribution in [2.45, 2.75) is 39.7 Å². The van der Waals surface area contributed by atoms with Crippen LogP contribution in [0.1, 0.15) is 45.2 Å². The van der Waals surface area contributed by atoms with Gasteiger partial charge in [-0.3, -0.25) is 0 Å². The van der Waals surface area contributed by atoms with E-state index in [0.29, 0.717) is 25.2 Å². The molecule has 0 amide bonds. The van der Waals surface area contributed by atoms with Gasteiger partial charge in [-0.25, -0.2) is 0 Å². The SMILES string of the molecule is CCC(NC)c1ccc(OCCOCCC(C)C)cc1. The molecule has 0 aliphatic rings. The van der Waals surface area contributed by atoms with Gasteiger partial charge in [0.1, 0.15) is 12.4 Å². The molecule has 0 fully saturated rings. The van der Waals surface area contributed by atoms with Crippen LogP contribution in [-0.2, 0) is 4.74 Å². The lowest BCUT2D eigenvalue weighted by atomic mass is 10.1. The molecule has 1 aromatic rings. The Balaban J connectivity index is 2.24. The summed E-state index contributed by atoms with van der Waals surface area (Å²) in [5.41, 5.74) is 1.30. The summed E-state index contributed by atoms with van der Waals surface area (Å²) >= 11 is 0. The van der Waals surface area contributed by atoms with E-state index in [1.54, 1.807) is 0 Å². The molecule has 0 saturated heterocycles. The third-order valence-electron chi connectivity index (χ3n) is 3.38. The van der Waals surface area contributed by atoms with Crippen LogP contribution in [0.15, 0.2) is 24.3 Å². The Morgan fingerprint density at radius 2 is 1.75 bits per heavy atom. The van der Waals surface area contributed by atoms with E-state index in [2.05, 4.69) is 38.2 Å². The van der Waals surface area contributed by atoms with Crippen LogP contribution in [0.4, 0.5) is 0 Å². The standard InChI is InChI=1S/C17H29NO2/c1-5-17(18-4)15-6-8-16(9-7-15)20-13-12-19-11-10-14(2)3/h6-9,14,17-18H,5,10-13H2,1-4H3. The van der Waals surface area contributed by atoms with Crippen molar-refractivity contribution in [3.63, 3.8) is 0 Å². The second-order valence-electron chi connectivity index (χ2n) is 5.46. The number of hydrogen-bond acceptors (Lipinski definition) is 3. The van der Waals surface area contributed by atoms with E-state index in [-0.39, 0.29) is 0 Å². The van der Waals surface area contributed by atoms with Crippen LogP contribution in [0.2, 0.25) is 0 Å². The number of nitrogens with one attached hydrogen (secondary N) is 1. The first-order valence-electron chi connectivity index (χ1n) is 7.65. The van der Waals surface area contributed by atoms with E-state index in [4.69, 9.17) is 9.47 Å². The summed E-state index contributed by atoms with van der Waals surface area (Å²) in [6, 6.07) is 8.73. The average Bonchev–Trinajstić information content (AvgIpc) is 2.45. The highest BCUT2D eigenvalue weighted by molar-refractivity contribution is 5.29. The second kappa shape index (κ2) is 9.78. The van der Waals surface area contributed by atoms with Gasteiger partial charge >= 0.3 is 0 Å². The molecule has 0 saturated carbocycles. The van der Waals surface area contributed by atoms with Crippen LogP contribution >= 0.6 is 0 Å². The maximum Gasteiger partial charge on any atom is 0.119 e. The van der Waals surface area contributed by atoms with Gasteiger partial charge in [0.05, 0.1) is 6.61 Å². The van der Waals surface area contributed by atoms with Crippen LogP contribution in [0, 0.1) is 5.92 Å². The Labute approximate surface area is 123 Å². The predicted molar refractivity (Wildman–Crippen MR) is 84.3 cm³/mol. The molecule has 1 unspecified atom stereocenters. The molecule has 1 rings (SSSR count). The lowest BCUT2D eigenvalue weighted by molar-refractivity contribution is 0.0926. The van der Waals surface area contributed by atoms with Gasteiger partial charge in [0.2, 0.25) is 0 Å². The highest BCUT2D eigenvalue weighted by Gasteiger charge is 2.05. The quantitative estimate of drug-likeness (QED) is 0.661. The molecule has 0 aromatic heterocycles. The first-order chi connectivity index (χ1) is 9.67. The van der Waals surface area contributed by atoms with Crippen molar-refractivity contribution in [3.8, 4) is 5.75 Å². The highest BCUT2D eigenvalue weighted by atomic mass is 16.5. The maximum atomic E-state index is 5.67. The molecule has 20 heavy (non-hydrogen) atoms. The van der Waals surface area contributed by atoms with E-state index >= 15 is 0 Å². The molecular formula is C17H29NO2. The van der Waals surface area contributed by atoms with Crippen LogP contribution in [-0.4, -0.2) is 26.9 Å². The van der Waals surface area contributed by atoms with Gasteiger partial charge < -0.3 is 14.8 Å². The van der Waals surface area contributed by atoms with Crippen molar-refractivity contribution in [3.05, 3.63) is 29.8 Å². The van der Waals surface area contributed by atoms with Crippen LogP contribution in [0.25, 0.3) is 0 Å². The van der Waals surface area contributed by atoms with Crippen molar-refractivity contribution in [2.75, 3.05) is 26.9 Å². The summed E-state index contributed by atoms with van der Waals surface area (Å²) in [7, 11) is 1.99. The maximum absolute atomic E-state index is 5.67. The van der Waals surface area contributed by atoms with Gasteiger partial charge in [0.25, 0.3) is 0 Å². The van der Waals surface area contributed by atoms with Crippen molar-refractivity contribution in [1.29, 1.82) is 0 Å². The van der Waals surface area contributed by atoms with E-state index in [9.17, 15) is 0 Å². The fourth-order valence-corrected chi connectivity index (χ4v) is 2.04.